The third kappa shape index (κ3) is 2.46. The van der Waals surface area contributed by atoms with Crippen molar-refractivity contribution in [3.05, 3.63) is 42.2 Å². The van der Waals surface area contributed by atoms with E-state index in [4.69, 9.17) is 10.6 Å². The van der Waals surface area contributed by atoms with Crippen molar-refractivity contribution in [3.63, 3.8) is 0 Å². The van der Waals surface area contributed by atoms with Crippen molar-refractivity contribution >= 4 is 5.82 Å². The van der Waals surface area contributed by atoms with Crippen LogP contribution in [0, 0.1) is 6.92 Å². The minimum atomic E-state index is 0.451. The normalized spacial score (nSPS) is 9.88. The van der Waals surface area contributed by atoms with Crippen LogP contribution >= 0.6 is 0 Å². The maximum absolute atomic E-state index is 5.53. The van der Waals surface area contributed by atoms with Crippen LogP contribution in [0.15, 0.2) is 36.7 Å². The highest BCUT2D eigenvalue weighted by molar-refractivity contribution is 5.37. The van der Waals surface area contributed by atoms with Crippen LogP contribution < -0.4 is 16.0 Å². The molecule has 1 aromatic heterocycles. The van der Waals surface area contributed by atoms with Gasteiger partial charge in [-0.3, -0.25) is 0 Å². The molecule has 0 aliphatic rings. The monoisotopic (exact) mass is 216 g/mol. The zero-order chi connectivity index (χ0) is 11.4. The third-order valence-electron chi connectivity index (χ3n) is 2.03. The number of nitrogens with two attached hydrogens (primary N) is 1. The van der Waals surface area contributed by atoms with Crippen LogP contribution in [0.1, 0.15) is 5.56 Å². The predicted molar refractivity (Wildman–Crippen MR) is 61.1 cm³/mol. The number of aryl methyl sites for hydroxylation is 1. The summed E-state index contributed by atoms with van der Waals surface area (Å²) >= 11 is 0. The largest absolute Gasteiger partial charge is 0.439 e. The molecule has 2 aromatic rings. The first-order valence-electron chi connectivity index (χ1n) is 4.81. The van der Waals surface area contributed by atoms with Gasteiger partial charge in [-0.05, 0) is 19.1 Å². The van der Waals surface area contributed by atoms with Crippen LogP contribution in [0.3, 0.4) is 0 Å². The molecule has 1 aromatic carbocycles. The Bertz CT molecular complexity index is 470. The van der Waals surface area contributed by atoms with Gasteiger partial charge in [-0.2, -0.15) is 0 Å². The van der Waals surface area contributed by atoms with E-state index in [2.05, 4.69) is 15.4 Å². The van der Waals surface area contributed by atoms with Crippen LogP contribution in [0.2, 0.25) is 0 Å². The summed E-state index contributed by atoms with van der Waals surface area (Å²) in [7, 11) is 0. The van der Waals surface area contributed by atoms with E-state index < -0.39 is 0 Å². The summed E-state index contributed by atoms with van der Waals surface area (Å²) < 4.78 is 5.53. The lowest BCUT2D eigenvalue weighted by molar-refractivity contribution is 0.461. The summed E-state index contributed by atoms with van der Waals surface area (Å²) in [5.74, 6) is 6.93. The topological polar surface area (TPSA) is 73.1 Å². The smallest absolute Gasteiger partial charge is 0.224 e. The first-order valence-corrected chi connectivity index (χ1v) is 4.81. The Labute approximate surface area is 93.3 Å². The Morgan fingerprint density at radius 1 is 1.19 bits per heavy atom. The van der Waals surface area contributed by atoms with Crippen molar-refractivity contribution in [3.8, 4) is 11.6 Å². The van der Waals surface area contributed by atoms with E-state index in [1.165, 1.54) is 11.9 Å². The molecule has 3 N–H and O–H groups in total. The highest BCUT2D eigenvalue weighted by Gasteiger charge is 2.00. The zero-order valence-electron chi connectivity index (χ0n) is 8.84. The molecule has 1 heterocycles. The van der Waals surface area contributed by atoms with Gasteiger partial charge in [0, 0.05) is 6.07 Å². The molecule has 0 amide bonds. The molecule has 0 spiro atoms. The van der Waals surface area contributed by atoms with Gasteiger partial charge < -0.3 is 10.2 Å². The van der Waals surface area contributed by atoms with Crippen molar-refractivity contribution in [1.29, 1.82) is 0 Å². The minimum Gasteiger partial charge on any atom is -0.439 e. The third-order valence-corrected chi connectivity index (χ3v) is 2.03. The van der Waals surface area contributed by atoms with E-state index in [9.17, 15) is 0 Å². The molecular formula is C11H12N4O. The highest BCUT2D eigenvalue weighted by atomic mass is 16.5. The molecular weight excluding hydrogens is 204 g/mol. The number of anilines is 1. The molecule has 5 heteroatoms. The maximum atomic E-state index is 5.53. The second-order valence-electron chi connectivity index (χ2n) is 3.30. The van der Waals surface area contributed by atoms with Gasteiger partial charge in [0.05, 0.1) is 0 Å². The molecule has 5 nitrogen and oxygen atoms in total. The summed E-state index contributed by atoms with van der Waals surface area (Å²) in [5.41, 5.74) is 3.61. The number of rotatable bonds is 3. The van der Waals surface area contributed by atoms with Gasteiger partial charge in [0.15, 0.2) is 0 Å². The summed E-state index contributed by atoms with van der Waals surface area (Å²) in [6, 6.07) is 9.33. The molecule has 0 fully saturated rings. The number of hydrogen-bond donors (Lipinski definition) is 2. The van der Waals surface area contributed by atoms with Crippen molar-refractivity contribution in [2.24, 2.45) is 5.84 Å². The molecule has 82 valence electrons. The van der Waals surface area contributed by atoms with Crippen LogP contribution in [0.5, 0.6) is 11.6 Å². The number of ether oxygens (including phenoxy) is 1. The van der Waals surface area contributed by atoms with Crippen molar-refractivity contribution in [2.45, 2.75) is 6.92 Å². The fourth-order valence-corrected chi connectivity index (χ4v) is 1.20. The van der Waals surface area contributed by atoms with Gasteiger partial charge in [-0.25, -0.2) is 15.8 Å². The number of benzene rings is 1. The average molecular weight is 216 g/mol. The number of nitrogens with one attached hydrogen (secondary N) is 1. The van der Waals surface area contributed by atoms with E-state index in [0.29, 0.717) is 11.7 Å². The Morgan fingerprint density at radius 3 is 2.62 bits per heavy atom. The van der Waals surface area contributed by atoms with Crippen LogP contribution in [-0.2, 0) is 0 Å². The fourth-order valence-electron chi connectivity index (χ4n) is 1.20. The molecule has 0 atom stereocenters. The van der Waals surface area contributed by atoms with Crippen LogP contribution in [-0.4, -0.2) is 9.97 Å². The number of hydrazine groups is 1. The number of nitrogens with zero attached hydrogens (tertiary/aromatic N) is 2. The van der Waals surface area contributed by atoms with E-state index in [1.54, 1.807) is 6.07 Å². The molecule has 0 radical (unpaired) electrons. The van der Waals surface area contributed by atoms with E-state index in [1.807, 2.05) is 31.2 Å². The molecule has 0 saturated carbocycles. The lowest BCUT2D eigenvalue weighted by Crippen LogP contribution is -2.08. The van der Waals surface area contributed by atoms with Gasteiger partial charge >= 0.3 is 0 Å². The molecule has 0 aliphatic heterocycles. The van der Waals surface area contributed by atoms with Crippen LogP contribution in [0.4, 0.5) is 5.82 Å². The number of hydrogen-bond acceptors (Lipinski definition) is 5. The summed E-state index contributed by atoms with van der Waals surface area (Å²) in [6.45, 7) is 2.02. The molecule has 0 bridgehead atoms. The standard InChI is InChI=1S/C11H12N4O/c1-8-2-4-9(5-3-8)16-11-6-10(15-12)13-7-14-11/h2-7H,12H2,1H3,(H,13,14,15). The highest BCUT2D eigenvalue weighted by Crippen LogP contribution is 2.20. The Morgan fingerprint density at radius 2 is 1.94 bits per heavy atom. The second kappa shape index (κ2) is 4.59. The lowest BCUT2D eigenvalue weighted by atomic mass is 10.2. The number of nitrogen functional groups attached to an aromatic ring is 1. The molecule has 0 aliphatic carbocycles. The Kier molecular flexibility index (Phi) is 2.98. The van der Waals surface area contributed by atoms with E-state index in [0.717, 1.165) is 5.75 Å². The minimum absolute atomic E-state index is 0.451. The summed E-state index contributed by atoms with van der Waals surface area (Å²) in [4.78, 5) is 7.86. The van der Waals surface area contributed by atoms with Crippen molar-refractivity contribution in [1.82, 2.24) is 9.97 Å². The predicted octanol–water partition coefficient (Wildman–Crippen LogP) is 1.86. The van der Waals surface area contributed by atoms with E-state index >= 15 is 0 Å². The lowest BCUT2D eigenvalue weighted by Gasteiger charge is -2.05. The average Bonchev–Trinajstić information content (AvgIpc) is 2.32. The fraction of sp³-hybridized carbons (Fsp3) is 0.0909. The van der Waals surface area contributed by atoms with Gasteiger partial charge in [-0.1, -0.05) is 17.7 Å². The summed E-state index contributed by atoms with van der Waals surface area (Å²) in [6.07, 6.45) is 1.39. The molecule has 2 rings (SSSR count). The first-order chi connectivity index (χ1) is 7.78. The first kappa shape index (κ1) is 10.4. The van der Waals surface area contributed by atoms with Crippen molar-refractivity contribution < 1.29 is 4.74 Å². The van der Waals surface area contributed by atoms with Gasteiger partial charge in [0.1, 0.15) is 17.9 Å². The Hall–Kier alpha value is -2.14. The van der Waals surface area contributed by atoms with Gasteiger partial charge in [-0.15, -0.1) is 0 Å². The molecule has 0 saturated heterocycles. The maximum Gasteiger partial charge on any atom is 0.224 e. The molecule has 0 unspecified atom stereocenters. The molecule has 16 heavy (non-hydrogen) atoms. The van der Waals surface area contributed by atoms with Gasteiger partial charge in [0.25, 0.3) is 0 Å². The second-order valence-corrected chi connectivity index (χ2v) is 3.30. The van der Waals surface area contributed by atoms with Crippen molar-refractivity contribution in [2.75, 3.05) is 5.43 Å². The number of aromatic nitrogens is 2. The van der Waals surface area contributed by atoms with E-state index in [-0.39, 0.29) is 0 Å². The van der Waals surface area contributed by atoms with Gasteiger partial charge in [0.2, 0.25) is 5.88 Å². The zero-order valence-corrected chi connectivity index (χ0v) is 8.84. The van der Waals surface area contributed by atoms with Crippen LogP contribution in [0.25, 0.3) is 0 Å². The SMILES string of the molecule is Cc1ccc(Oc2cc(NN)ncn2)cc1. The summed E-state index contributed by atoms with van der Waals surface area (Å²) in [5, 5.41) is 0. The quantitative estimate of drug-likeness (QED) is 0.605. The Balaban J connectivity index is 2.16.